The molecule has 0 saturated heterocycles. The minimum Gasteiger partial charge on any atom is -0.370 e. The molecule has 5 nitrogen and oxygen atoms in total. The van der Waals surface area contributed by atoms with Gasteiger partial charge in [-0.3, -0.25) is 9.48 Å². The number of rotatable bonds is 5. The van der Waals surface area contributed by atoms with Crippen LogP contribution >= 0.6 is 0 Å². The largest absolute Gasteiger partial charge is 0.416 e. The van der Waals surface area contributed by atoms with Crippen molar-refractivity contribution in [3.05, 3.63) is 88.7 Å². The van der Waals surface area contributed by atoms with Gasteiger partial charge >= 0.3 is 6.18 Å². The molecule has 0 fully saturated rings. The molecule has 0 spiro atoms. The summed E-state index contributed by atoms with van der Waals surface area (Å²) in [5, 5.41) is 7.36. The second-order valence-corrected chi connectivity index (χ2v) is 7.12. The molecule has 1 amide bonds. The van der Waals surface area contributed by atoms with Crippen LogP contribution in [0.25, 0.3) is 0 Å². The molecule has 0 saturated carbocycles. The fourth-order valence-corrected chi connectivity index (χ4v) is 3.44. The Morgan fingerprint density at radius 3 is 2.57 bits per heavy atom. The maximum absolute atomic E-state index is 12.7. The van der Waals surface area contributed by atoms with E-state index in [1.165, 1.54) is 12.1 Å². The lowest BCUT2D eigenvalue weighted by atomic mass is 10.1. The van der Waals surface area contributed by atoms with Crippen molar-refractivity contribution in [2.24, 2.45) is 0 Å². The number of alkyl halides is 3. The van der Waals surface area contributed by atoms with Gasteiger partial charge in [0.1, 0.15) is 6.10 Å². The minimum atomic E-state index is -4.43. The molecule has 1 N–H and O–H groups in total. The highest BCUT2D eigenvalue weighted by Gasteiger charge is 2.30. The predicted molar refractivity (Wildman–Crippen MR) is 104 cm³/mol. The van der Waals surface area contributed by atoms with E-state index in [9.17, 15) is 18.0 Å². The van der Waals surface area contributed by atoms with Crippen LogP contribution in [0.3, 0.4) is 0 Å². The van der Waals surface area contributed by atoms with Crippen LogP contribution in [0.1, 0.15) is 38.8 Å². The number of carbonyl (C=O) groups is 1. The van der Waals surface area contributed by atoms with Crippen LogP contribution < -0.4 is 5.32 Å². The SMILES string of the molecule is O=C(NCC1OCCc2cn(Cc3ccccc3)nc21)c1ccc(C(F)(F)F)cc1. The standard InChI is InChI=1S/C22H20F3N3O2/c23-22(24,25)18-8-6-16(7-9-18)21(29)26-12-19-20-17(10-11-30-19)14-28(27-20)13-15-4-2-1-3-5-15/h1-9,14,19H,10-13H2,(H,26,29). The summed E-state index contributed by atoms with van der Waals surface area (Å²) in [5.41, 5.74) is 2.36. The molecule has 0 radical (unpaired) electrons. The van der Waals surface area contributed by atoms with Crippen molar-refractivity contribution in [2.45, 2.75) is 25.2 Å². The Hall–Kier alpha value is -3.13. The molecular formula is C22H20F3N3O2. The molecule has 3 aromatic rings. The summed E-state index contributed by atoms with van der Waals surface area (Å²) in [5.74, 6) is -0.455. The number of amides is 1. The average molecular weight is 415 g/mol. The Balaban J connectivity index is 1.41. The third kappa shape index (κ3) is 4.54. The average Bonchev–Trinajstić information content (AvgIpc) is 3.15. The maximum Gasteiger partial charge on any atom is 0.416 e. The lowest BCUT2D eigenvalue weighted by Gasteiger charge is -2.22. The van der Waals surface area contributed by atoms with Gasteiger partial charge in [-0.2, -0.15) is 18.3 Å². The fourth-order valence-electron chi connectivity index (χ4n) is 3.44. The Morgan fingerprint density at radius 2 is 1.87 bits per heavy atom. The van der Waals surface area contributed by atoms with Crippen LogP contribution in [0.5, 0.6) is 0 Å². The van der Waals surface area contributed by atoms with Crippen molar-refractivity contribution < 1.29 is 22.7 Å². The molecule has 2 aromatic carbocycles. The highest BCUT2D eigenvalue weighted by molar-refractivity contribution is 5.94. The number of halogens is 3. The molecule has 156 valence electrons. The van der Waals surface area contributed by atoms with Gasteiger partial charge in [0.15, 0.2) is 0 Å². The Labute approximate surface area is 171 Å². The molecule has 30 heavy (non-hydrogen) atoms. The van der Waals surface area contributed by atoms with Crippen LogP contribution in [0.15, 0.2) is 60.8 Å². The van der Waals surface area contributed by atoms with Gasteiger partial charge in [-0.25, -0.2) is 0 Å². The summed E-state index contributed by atoms with van der Waals surface area (Å²) in [6.07, 6.45) is -2.09. The van der Waals surface area contributed by atoms with E-state index in [0.717, 1.165) is 35.4 Å². The molecule has 1 aromatic heterocycles. The first-order valence-electron chi connectivity index (χ1n) is 9.57. The molecule has 0 aliphatic carbocycles. The summed E-state index contributed by atoms with van der Waals surface area (Å²) >= 11 is 0. The van der Waals surface area contributed by atoms with E-state index >= 15 is 0 Å². The second-order valence-electron chi connectivity index (χ2n) is 7.12. The third-order valence-electron chi connectivity index (χ3n) is 4.98. The normalized spacial score (nSPS) is 16.2. The first-order chi connectivity index (χ1) is 14.4. The number of hydrogen-bond acceptors (Lipinski definition) is 3. The smallest absolute Gasteiger partial charge is 0.370 e. The van der Waals surface area contributed by atoms with Crippen LogP contribution in [0.2, 0.25) is 0 Å². The molecular weight excluding hydrogens is 395 g/mol. The zero-order valence-electron chi connectivity index (χ0n) is 16.0. The molecule has 4 rings (SSSR count). The molecule has 1 unspecified atom stereocenters. The minimum absolute atomic E-state index is 0.161. The lowest BCUT2D eigenvalue weighted by Crippen LogP contribution is -2.32. The molecule has 1 aliphatic rings. The van der Waals surface area contributed by atoms with Crippen molar-refractivity contribution in [3.8, 4) is 0 Å². The van der Waals surface area contributed by atoms with Gasteiger partial charge in [-0.05, 0) is 41.8 Å². The number of carbonyl (C=O) groups excluding carboxylic acids is 1. The zero-order chi connectivity index (χ0) is 21.1. The van der Waals surface area contributed by atoms with E-state index in [-0.39, 0.29) is 12.1 Å². The summed E-state index contributed by atoms with van der Waals surface area (Å²) in [7, 11) is 0. The van der Waals surface area contributed by atoms with Crippen molar-refractivity contribution in [2.75, 3.05) is 13.2 Å². The van der Waals surface area contributed by atoms with Gasteiger partial charge in [0.25, 0.3) is 5.91 Å². The van der Waals surface area contributed by atoms with Gasteiger partial charge in [0.2, 0.25) is 0 Å². The molecule has 2 heterocycles. The van der Waals surface area contributed by atoms with E-state index in [0.29, 0.717) is 13.2 Å². The number of fused-ring (bicyclic) bond motifs is 1. The maximum atomic E-state index is 12.7. The lowest BCUT2D eigenvalue weighted by molar-refractivity contribution is -0.137. The quantitative estimate of drug-likeness (QED) is 0.686. The third-order valence-corrected chi connectivity index (χ3v) is 4.98. The Morgan fingerprint density at radius 1 is 1.13 bits per heavy atom. The number of ether oxygens (including phenoxy) is 1. The first kappa shape index (κ1) is 20.2. The summed E-state index contributed by atoms with van der Waals surface area (Å²) in [4.78, 5) is 12.3. The molecule has 1 aliphatic heterocycles. The van der Waals surface area contributed by atoms with Crippen LogP contribution in [0.4, 0.5) is 13.2 Å². The van der Waals surface area contributed by atoms with E-state index < -0.39 is 23.8 Å². The van der Waals surface area contributed by atoms with Crippen LogP contribution in [0, 0.1) is 0 Å². The second kappa shape index (κ2) is 8.31. The highest BCUT2D eigenvalue weighted by Crippen LogP contribution is 2.29. The van der Waals surface area contributed by atoms with Gasteiger partial charge in [-0.1, -0.05) is 30.3 Å². The van der Waals surface area contributed by atoms with Crippen LogP contribution in [-0.2, 0) is 23.9 Å². The summed E-state index contributed by atoms with van der Waals surface area (Å²) in [6.45, 7) is 1.35. The monoisotopic (exact) mass is 415 g/mol. The number of aromatic nitrogens is 2. The van der Waals surface area contributed by atoms with E-state index in [4.69, 9.17) is 4.74 Å². The van der Waals surface area contributed by atoms with E-state index in [1.54, 1.807) is 0 Å². The topological polar surface area (TPSA) is 56.1 Å². The Bertz CT molecular complexity index is 1010. The van der Waals surface area contributed by atoms with Crippen molar-refractivity contribution in [1.82, 2.24) is 15.1 Å². The zero-order valence-corrected chi connectivity index (χ0v) is 16.0. The predicted octanol–water partition coefficient (Wildman–Crippen LogP) is 3.99. The van der Waals surface area contributed by atoms with Gasteiger partial charge in [-0.15, -0.1) is 0 Å². The van der Waals surface area contributed by atoms with E-state index in [2.05, 4.69) is 10.4 Å². The van der Waals surface area contributed by atoms with Crippen molar-refractivity contribution in [3.63, 3.8) is 0 Å². The van der Waals surface area contributed by atoms with Crippen molar-refractivity contribution >= 4 is 5.91 Å². The molecule has 1 atom stereocenters. The van der Waals surface area contributed by atoms with Gasteiger partial charge in [0.05, 0.1) is 24.4 Å². The van der Waals surface area contributed by atoms with Gasteiger partial charge in [0, 0.05) is 18.3 Å². The van der Waals surface area contributed by atoms with Crippen LogP contribution in [-0.4, -0.2) is 28.8 Å². The molecule has 8 heteroatoms. The fraction of sp³-hybridized carbons (Fsp3) is 0.273. The van der Waals surface area contributed by atoms with Crippen molar-refractivity contribution in [1.29, 1.82) is 0 Å². The summed E-state index contributed by atoms with van der Waals surface area (Å²) in [6, 6.07) is 14.1. The highest BCUT2D eigenvalue weighted by atomic mass is 19.4. The number of nitrogens with one attached hydrogen (secondary N) is 1. The molecule has 0 bridgehead atoms. The van der Waals surface area contributed by atoms with E-state index in [1.807, 2.05) is 41.2 Å². The summed E-state index contributed by atoms with van der Waals surface area (Å²) < 4.78 is 45.6. The first-order valence-corrected chi connectivity index (χ1v) is 9.57. The van der Waals surface area contributed by atoms with Gasteiger partial charge < -0.3 is 10.1 Å². The number of benzene rings is 2. The Kier molecular flexibility index (Phi) is 5.59. The number of nitrogens with zero attached hydrogens (tertiary/aromatic N) is 2. The number of hydrogen-bond donors (Lipinski definition) is 1.